The molecule has 4 nitrogen and oxygen atoms in total. The highest BCUT2D eigenvalue weighted by atomic mass is 35.5. The summed E-state index contributed by atoms with van der Waals surface area (Å²) in [4.78, 5) is 13.9. The normalized spacial score (nSPS) is 20.9. The van der Waals surface area contributed by atoms with Gasteiger partial charge in [0.1, 0.15) is 0 Å². The van der Waals surface area contributed by atoms with Crippen molar-refractivity contribution in [2.75, 3.05) is 18.4 Å². The first-order chi connectivity index (χ1) is 10.2. The Kier molecular flexibility index (Phi) is 4.99. The lowest BCUT2D eigenvalue weighted by Crippen LogP contribution is -2.41. The zero-order valence-corrected chi connectivity index (χ0v) is 12.6. The van der Waals surface area contributed by atoms with Gasteiger partial charge in [-0.05, 0) is 31.5 Å². The summed E-state index contributed by atoms with van der Waals surface area (Å²) in [6.07, 6.45) is -4.47. The molecular formula is C14H16ClF3N2O2. The molecular weight excluding hydrogens is 321 g/mol. The van der Waals surface area contributed by atoms with Crippen molar-refractivity contribution in [1.82, 2.24) is 4.90 Å². The van der Waals surface area contributed by atoms with Gasteiger partial charge < -0.3 is 10.4 Å². The number of halogens is 4. The van der Waals surface area contributed by atoms with Crippen LogP contribution in [0, 0.1) is 0 Å². The van der Waals surface area contributed by atoms with Crippen LogP contribution >= 0.6 is 11.6 Å². The number of aliphatic hydroxyl groups excluding tert-OH is 1. The number of aliphatic hydroxyl groups is 1. The Balaban J connectivity index is 2.08. The maximum absolute atomic E-state index is 12.8. The van der Waals surface area contributed by atoms with Crippen LogP contribution in [0.15, 0.2) is 18.2 Å². The first-order valence-electron chi connectivity index (χ1n) is 6.78. The Hall–Kier alpha value is -1.31. The molecule has 1 aromatic rings. The van der Waals surface area contributed by atoms with Gasteiger partial charge >= 0.3 is 6.18 Å². The number of carbonyl (C=O) groups is 1. The lowest BCUT2D eigenvalue weighted by molar-refractivity contribution is -0.137. The van der Waals surface area contributed by atoms with Gasteiger partial charge in [0.25, 0.3) is 0 Å². The average Bonchev–Trinajstić information content (AvgIpc) is 2.85. The van der Waals surface area contributed by atoms with Crippen molar-refractivity contribution < 1.29 is 23.1 Å². The minimum atomic E-state index is -4.58. The van der Waals surface area contributed by atoms with E-state index in [1.807, 2.05) is 0 Å². The zero-order chi connectivity index (χ0) is 16.5. The van der Waals surface area contributed by atoms with E-state index in [0.717, 1.165) is 12.1 Å². The van der Waals surface area contributed by atoms with Crippen LogP contribution in [0.5, 0.6) is 0 Å². The lowest BCUT2D eigenvalue weighted by atomic mass is 10.2. The van der Waals surface area contributed by atoms with Crippen molar-refractivity contribution in [2.24, 2.45) is 0 Å². The molecule has 2 atom stereocenters. The smallest absolute Gasteiger partial charge is 0.392 e. The van der Waals surface area contributed by atoms with E-state index in [1.54, 1.807) is 11.8 Å². The fraction of sp³-hybridized carbons (Fsp3) is 0.500. The van der Waals surface area contributed by atoms with Gasteiger partial charge in [-0.3, -0.25) is 9.69 Å². The predicted octanol–water partition coefficient (Wildman–Crippen LogP) is 2.75. The van der Waals surface area contributed by atoms with Crippen LogP contribution in [-0.2, 0) is 11.0 Å². The van der Waals surface area contributed by atoms with Gasteiger partial charge in [0.15, 0.2) is 0 Å². The number of rotatable bonds is 3. The van der Waals surface area contributed by atoms with Crippen LogP contribution < -0.4 is 5.32 Å². The van der Waals surface area contributed by atoms with Crippen molar-refractivity contribution in [2.45, 2.75) is 31.7 Å². The molecule has 1 heterocycles. The highest BCUT2D eigenvalue weighted by Crippen LogP contribution is 2.36. The highest BCUT2D eigenvalue weighted by Gasteiger charge is 2.34. The van der Waals surface area contributed by atoms with Crippen LogP contribution in [0.3, 0.4) is 0 Å². The summed E-state index contributed by atoms with van der Waals surface area (Å²) in [5.74, 6) is -0.426. The van der Waals surface area contributed by atoms with Crippen molar-refractivity contribution in [1.29, 1.82) is 0 Å². The van der Waals surface area contributed by atoms with Gasteiger partial charge in [-0.25, -0.2) is 0 Å². The number of amides is 1. The first kappa shape index (κ1) is 17.1. The second-order valence-electron chi connectivity index (χ2n) is 5.30. The number of nitrogens with zero attached hydrogens (tertiary/aromatic N) is 1. The van der Waals surface area contributed by atoms with Crippen LogP contribution in [0.1, 0.15) is 18.9 Å². The number of carbonyl (C=O) groups excluding carboxylic acids is 1. The van der Waals surface area contributed by atoms with E-state index >= 15 is 0 Å². The summed E-state index contributed by atoms with van der Waals surface area (Å²) in [5, 5.41) is 11.5. The maximum atomic E-state index is 12.8. The lowest BCUT2D eigenvalue weighted by Gasteiger charge is -2.23. The third kappa shape index (κ3) is 3.91. The van der Waals surface area contributed by atoms with Crippen molar-refractivity contribution in [3.8, 4) is 0 Å². The monoisotopic (exact) mass is 336 g/mol. The van der Waals surface area contributed by atoms with E-state index in [9.17, 15) is 23.1 Å². The Bertz CT molecular complexity index is 566. The van der Waals surface area contributed by atoms with Crippen LogP contribution in [0.4, 0.5) is 18.9 Å². The molecule has 0 aliphatic carbocycles. The number of hydrogen-bond donors (Lipinski definition) is 2. The summed E-state index contributed by atoms with van der Waals surface area (Å²) in [7, 11) is 0. The number of β-amino-alcohol motifs (C(OH)–C–C–N with tert-alkyl or cyclic N) is 1. The van der Waals surface area contributed by atoms with Gasteiger partial charge in [-0.1, -0.05) is 11.6 Å². The highest BCUT2D eigenvalue weighted by molar-refractivity contribution is 6.31. The topological polar surface area (TPSA) is 52.6 Å². The predicted molar refractivity (Wildman–Crippen MR) is 76.7 cm³/mol. The summed E-state index contributed by atoms with van der Waals surface area (Å²) in [5.41, 5.74) is -0.954. The van der Waals surface area contributed by atoms with Crippen LogP contribution in [0.2, 0.25) is 5.02 Å². The first-order valence-corrected chi connectivity index (χ1v) is 7.16. The van der Waals surface area contributed by atoms with Gasteiger partial charge in [-0.15, -0.1) is 0 Å². The Morgan fingerprint density at radius 2 is 2.18 bits per heavy atom. The van der Waals surface area contributed by atoms with Crippen molar-refractivity contribution in [3.63, 3.8) is 0 Å². The summed E-state index contributed by atoms with van der Waals surface area (Å²) in [6, 6.07) is 2.69. The SMILES string of the molecule is CC(C(=O)Nc1ccc(Cl)c(C(F)(F)F)c1)N1CC[C@H](O)C1. The Morgan fingerprint density at radius 3 is 2.73 bits per heavy atom. The standard InChI is InChI=1S/C14H16ClF3N2O2/c1-8(20-5-4-10(21)7-20)13(22)19-9-2-3-12(15)11(6-9)14(16,17)18/h2-3,6,8,10,21H,4-5,7H2,1H3,(H,19,22)/t8?,10-/m0/s1. The molecule has 1 fully saturated rings. The van der Waals surface area contributed by atoms with Crippen molar-refractivity contribution in [3.05, 3.63) is 28.8 Å². The van der Waals surface area contributed by atoms with E-state index in [1.165, 1.54) is 6.07 Å². The minimum Gasteiger partial charge on any atom is -0.392 e. The fourth-order valence-electron chi connectivity index (χ4n) is 2.35. The molecule has 0 aromatic heterocycles. The van der Waals surface area contributed by atoms with Crippen LogP contribution in [-0.4, -0.2) is 41.1 Å². The second kappa shape index (κ2) is 6.44. The summed E-state index contributed by atoms with van der Waals surface area (Å²) in [6.45, 7) is 2.60. The van der Waals surface area contributed by atoms with E-state index in [4.69, 9.17) is 11.6 Å². The number of anilines is 1. The van der Waals surface area contributed by atoms with E-state index in [-0.39, 0.29) is 5.69 Å². The minimum absolute atomic E-state index is 0.0355. The molecule has 8 heteroatoms. The number of alkyl halides is 3. The molecule has 122 valence electrons. The van der Waals surface area contributed by atoms with Gasteiger partial charge in [-0.2, -0.15) is 13.2 Å². The maximum Gasteiger partial charge on any atom is 0.417 e. The summed E-state index contributed by atoms with van der Waals surface area (Å²) >= 11 is 5.53. The molecule has 2 rings (SSSR count). The molecule has 1 aliphatic heterocycles. The third-order valence-corrected chi connectivity index (χ3v) is 3.99. The summed E-state index contributed by atoms with van der Waals surface area (Å²) < 4.78 is 38.3. The molecule has 1 aromatic carbocycles. The molecule has 0 saturated carbocycles. The van der Waals surface area contributed by atoms with Crippen molar-refractivity contribution >= 4 is 23.2 Å². The second-order valence-corrected chi connectivity index (χ2v) is 5.70. The zero-order valence-electron chi connectivity index (χ0n) is 11.8. The number of hydrogen-bond acceptors (Lipinski definition) is 3. The molecule has 0 bridgehead atoms. The molecule has 1 amide bonds. The molecule has 22 heavy (non-hydrogen) atoms. The molecule has 0 radical (unpaired) electrons. The van der Waals surface area contributed by atoms with E-state index < -0.39 is 34.8 Å². The molecule has 2 N–H and O–H groups in total. The number of nitrogens with one attached hydrogen (secondary N) is 1. The van der Waals surface area contributed by atoms with Crippen LogP contribution in [0.25, 0.3) is 0 Å². The number of likely N-dealkylation sites (tertiary alicyclic amines) is 1. The van der Waals surface area contributed by atoms with Gasteiger partial charge in [0.05, 0.1) is 22.7 Å². The quantitative estimate of drug-likeness (QED) is 0.892. The average molecular weight is 337 g/mol. The Morgan fingerprint density at radius 1 is 1.50 bits per heavy atom. The van der Waals surface area contributed by atoms with E-state index in [2.05, 4.69) is 5.32 Å². The number of benzene rings is 1. The fourth-order valence-corrected chi connectivity index (χ4v) is 2.58. The third-order valence-electron chi connectivity index (χ3n) is 3.66. The molecule has 1 aliphatic rings. The molecule has 1 unspecified atom stereocenters. The van der Waals surface area contributed by atoms with Gasteiger partial charge in [0, 0.05) is 18.8 Å². The molecule has 0 spiro atoms. The largest absolute Gasteiger partial charge is 0.417 e. The van der Waals surface area contributed by atoms with Gasteiger partial charge in [0.2, 0.25) is 5.91 Å². The van der Waals surface area contributed by atoms with E-state index in [0.29, 0.717) is 19.5 Å². The molecule has 1 saturated heterocycles. The Labute approximate surface area is 130 Å².